The summed E-state index contributed by atoms with van der Waals surface area (Å²) in [6.45, 7) is 2.06. The van der Waals surface area contributed by atoms with Gasteiger partial charge >= 0.3 is 11.9 Å². The van der Waals surface area contributed by atoms with Crippen LogP contribution in [0.5, 0.6) is 11.5 Å². The van der Waals surface area contributed by atoms with Crippen LogP contribution in [0.25, 0.3) is 5.57 Å². The van der Waals surface area contributed by atoms with E-state index in [-0.39, 0.29) is 34.6 Å². The number of aromatic carboxylic acids is 2. The largest absolute Gasteiger partial charge is 0.506 e. The van der Waals surface area contributed by atoms with Crippen molar-refractivity contribution < 1.29 is 30.0 Å². The van der Waals surface area contributed by atoms with Gasteiger partial charge in [-0.1, -0.05) is 57.7 Å². The van der Waals surface area contributed by atoms with Crippen molar-refractivity contribution in [2.45, 2.75) is 32.6 Å². The van der Waals surface area contributed by atoms with Crippen LogP contribution >= 0.6 is 31.9 Å². The van der Waals surface area contributed by atoms with Gasteiger partial charge in [0.2, 0.25) is 0 Å². The number of rotatable bonds is 8. The van der Waals surface area contributed by atoms with Crippen molar-refractivity contribution in [2.75, 3.05) is 0 Å². The van der Waals surface area contributed by atoms with Gasteiger partial charge in [0.25, 0.3) is 0 Å². The van der Waals surface area contributed by atoms with Gasteiger partial charge in [-0.15, -0.1) is 0 Å². The molecule has 2 aromatic rings. The zero-order valence-electron chi connectivity index (χ0n) is 17.0. The van der Waals surface area contributed by atoms with Crippen molar-refractivity contribution in [1.82, 2.24) is 12.3 Å². The Morgan fingerprint density at radius 3 is 1.55 bits per heavy atom. The number of hydrogen-bond donors (Lipinski definition) is 6. The Labute approximate surface area is 197 Å². The SMILES string of the molecule is CCCCCC=C(c1cc(Br)cc(C(=O)O)c1O)c1cc(Br)cc(C(=O)O)c1O.N.N. The van der Waals surface area contributed by atoms with E-state index < -0.39 is 23.4 Å². The highest BCUT2D eigenvalue weighted by Gasteiger charge is 2.23. The quantitative estimate of drug-likeness (QED) is 0.201. The molecule has 0 bridgehead atoms. The van der Waals surface area contributed by atoms with Gasteiger partial charge in [0.1, 0.15) is 22.6 Å². The number of carboxylic acids is 2. The summed E-state index contributed by atoms with van der Waals surface area (Å²) in [5.41, 5.74) is 0.100. The second kappa shape index (κ2) is 12.5. The Hall–Kier alpha value is -2.40. The van der Waals surface area contributed by atoms with Crippen LogP contribution in [0.2, 0.25) is 0 Å². The van der Waals surface area contributed by atoms with Crippen molar-refractivity contribution in [3.63, 3.8) is 0 Å². The van der Waals surface area contributed by atoms with Crippen molar-refractivity contribution in [3.05, 3.63) is 61.5 Å². The lowest BCUT2D eigenvalue weighted by Crippen LogP contribution is -2.03. The second-order valence-corrected chi connectivity index (χ2v) is 8.25. The molecular weight excluding hydrogens is 536 g/mol. The van der Waals surface area contributed by atoms with Gasteiger partial charge in [0, 0.05) is 20.1 Å². The van der Waals surface area contributed by atoms with Gasteiger partial charge in [-0.05, 0) is 42.7 Å². The number of aromatic hydroxyl groups is 2. The molecule has 0 aliphatic heterocycles. The first kappa shape index (κ1) is 28.6. The molecule has 0 atom stereocenters. The number of carboxylic acid groups (broad SMARTS) is 2. The maximum absolute atomic E-state index is 11.5. The zero-order valence-corrected chi connectivity index (χ0v) is 20.2. The summed E-state index contributed by atoms with van der Waals surface area (Å²) in [7, 11) is 0. The molecule has 10 heteroatoms. The maximum atomic E-state index is 11.5. The summed E-state index contributed by atoms with van der Waals surface area (Å²) in [6, 6.07) is 5.63. The highest BCUT2D eigenvalue weighted by atomic mass is 79.9. The van der Waals surface area contributed by atoms with E-state index in [0.717, 1.165) is 19.3 Å². The number of benzene rings is 2. The Bertz CT molecular complexity index is 921. The lowest BCUT2D eigenvalue weighted by molar-refractivity contribution is 0.0682. The minimum atomic E-state index is -1.31. The third-order valence-electron chi connectivity index (χ3n) is 4.35. The minimum Gasteiger partial charge on any atom is -0.506 e. The van der Waals surface area contributed by atoms with Crippen LogP contribution in [0.4, 0.5) is 0 Å². The molecule has 0 aromatic heterocycles. The average Bonchev–Trinajstić information content (AvgIpc) is 2.65. The monoisotopic (exact) mass is 560 g/mol. The summed E-state index contributed by atoms with van der Waals surface area (Å²) in [4.78, 5) is 23.0. The summed E-state index contributed by atoms with van der Waals surface area (Å²) in [5, 5.41) is 40.0. The smallest absolute Gasteiger partial charge is 0.339 e. The number of halogens is 2. The van der Waals surface area contributed by atoms with E-state index in [0.29, 0.717) is 20.9 Å². The zero-order chi connectivity index (χ0) is 21.7. The van der Waals surface area contributed by atoms with Crippen molar-refractivity contribution >= 4 is 49.4 Å². The maximum Gasteiger partial charge on any atom is 0.339 e. The van der Waals surface area contributed by atoms with Crippen LogP contribution in [0, 0.1) is 0 Å². The van der Waals surface area contributed by atoms with E-state index in [2.05, 4.69) is 38.8 Å². The van der Waals surface area contributed by atoms with Crippen LogP contribution in [-0.4, -0.2) is 32.4 Å². The van der Waals surface area contributed by atoms with Gasteiger partial charge in [-0.3, -0.25) is 0 Å². The first-order chi connectivity index (χ1) is 13.7. The highest BCUT2D eigenvalue weighted by Crippen LogP contribution is 2.41. The fraction of sp³-hybridized carbons (Fsp3) is 0.238. The molecule has 10 N–H and O–H groups in total. The fourth-order valence-electron chi connectivity index (χ4n) is 2.94. The predicted octanol–water partition coefficient (Wildman–Crippen LogP) is 6.36. The standard InChI is InChI=1S/C21H20Br2O6.2H3N/c1-2-3-4-5-6-13(14-7-11(22)9-16(18(14)24)20(26)27)15-8-12(23)10-17(19(15)25)21(28)29;;/h6-10,24-25H,2-5H2,1H3,(H,26,27)(H,28,29);2*1H3. The normalized spacial score (nSPS) is 9.90. The van der Waals surface area contributed by atoms with Crippen molar-refractivity contribution in [1.29, 1.82) is 0 Å². The molecular formula is C21H26Br2N2O6. The second-order valence-electron chi connectivity index (χ2n) is 6.42. The van der Waals surface area contributed by atoms with Crippen molar-refractivity contribution in [3.8, 4) is 11.5 Å². The van der Waals surface area contributed by atoms with Gasteiger partial charge in [-0.2, -0.15) is 0 Å². The summed E-state index contributed by atoms with van der Waals surface area (Å²) in [6.07, 6.45) is 5.20. The molecule has 0 spiro atoms. The highest BCUT2D eigenvalue weighted by molar-refractivity contribution is 9.10. The van der Waals surface area contributed by atoms with Gasteiger partial charge in [0.15, 0.2) is 0 Å². The molecule has 0 aliphatic rings. The van der Waals surface area contributed by atoms with E-state index in [4.69, 9.17) is 0 Å². The molecule has 31 heavy (non-hydrogen) atoms. The number of unbranched alkanes of at least 4 members (excludes halogenated alkanes) is 3. The van der Waals surface area contributed by atoms with Crippen LogP contribution in [-0.2, 0) is 0 Å². The van der Waals surface area contributed by atoms with E-state index in [1.54, 1.807) is 6.08 Å². The van der Waals surface area contributed by atoms with E-state index >= 15 is 0 Å². The summed E-state index contributed by atoms with van der Waals surface area (Å²) >= 11 is 6.51. The number of allylic oxidation sites excluding steroid dienone is 1. The van der Waals surface area contributed by atoms with Crippen molar-refractivity contribution in [2.24, 2.45) is 0 Å². The molecule has 2 aromatic carbocycles. The minimum absolute atomic E-state index is 0. The molecule has 0 fully saturated rings. The van der Waals surface area contributed by atoms with E-state index in [9.17, 15) is 30.0 Å². The molecule has 8 nitrogen and oxygen atoms in total. The van der Waals surface area contributed by atoms with Crippen LogP contribution in [0.15, 0.2) is 39.3 Å². The lowest BCUT2D eigenvalue weighted by atomic mass is 9.92. The third-order valence-corrected chi connectivity index (χ3v) is 5.26. The van der Waals surface area contributed by atoms with E-state index in [1.165, 1.54) is 24.3 Å². The first-order valence-electron chi connectivity index (χ1n) is 8.89. The molecule has 170 valence electrons. The molecule has 0 unspecified atom stereocenters. The average molecular weight is 562 g/mol. The Balaban J connectivity index is 0.00000450. The topological polar surface area (TPSA) is 185 Å². The third kappa shape index (κ3) is 6.79. The Kier molecular flexibility index (Phi) is 11.5. The number of hydrogen-bond acceptors (Lipinski definition) is 6. The number of carbonyl (C=O) groups is 2. The molecule has 2 rings (SSSR count). The van der Waals surface area contributed by atoms with E-state index in [1.807, 2.05) is 0 Å². The lowest BCUT2D eigenvalue weighted by Gasteiger charge is -2.16. The number of phenols is 2. The summed E-state index contributed by atoms with van der Waals surface area (Å²) in [5.74, 6) is -3.53. The van der Waals surface area contributed by atoms with Crippen LogP contribution in [0.3, 0.4) is 0 Å². The summed E-state index contributed by atoms with van der Waals surface area (Å²) < 4.78 is 0.852. The molecule has 0 saturated heterocycles. The Morgan fingerprint density at radius 2 is 1.19 bits per heavy atom. The van der Waals surface area contributed by atoms with Crippen LogP contribution < -0.4 is 12.3 Å². The molecule has 0 amide bonds. The molecule has 0 aliphatic carbocycles. The predicted molar refractivity (Wildman–Crippen MR) is 127 cm³/mol. The Morgan fingerprint density at radius 1 is 0.806 bits per heavy atom. The molecule has 0 heterocycles. The first-order valence-corrected chi connectivity index (χ1v) is 10.5. The van der Waals surface area contributed by atoms with Gasteiger partial charge in [-0.25, -0.2) is 9.59 Å². The van der Waals surface area contributed by atoms with Crippen LogP contribution in [0.1, 0.15) is 64.4 Å². The molecule has 0 radical (unpaired) electrons. The molecule has 0 saturated carbocycles. The van der Waals surface area contributed by atoms with Gasteiger partial charge < -0.3 is 32.7 Å². The van der Waals surface area contributed by atoms with Gasteiger partial charge in [0.05, 0.1) is 0 Å². The fourth-order valence-corrected chi connectivity index (χ4v) is 3.86.